The molecule has 0 amide bonds. The van der Waals surface area contributed by atoms with Gasteiger partial charge in [-0.25, -0.2) is 0 Å². The van der Waals surface area contributed by atoms with Gasteiger partial charge in [-0.05, 0) is 44.9 Å². The van der Waals surface area contributed by atoms with Crippen molar-refractivity contribution in [2.24, 2.45) is 0 Å². The van der Waals surface area contributed by atoms with Crippen molar-refractivity contribution in [1.82, 2.24) is 0 Å². The van der Waals surface area contributed by atoms with Crippen LogP contribution < -0.4 is 0 Å². The van der Waals surface area contributed by atoms with Gasteiger partial charge in [0, 0.05) is 12.8 Å². The molecular weight excluding hydrogens is 488 g/mol. The first kappa shape index (κ1) is 37.4. The Bertz CT molecular complexity index is 598. The second-order valence-corrected chi connectivity index (χ2v) is 10.9. The fraction of sp³-hybridized carbons (Fsp3) is 0.824. The maximum atomic E-state index is 12.1. The third kappa shape index (κ3) is 29.2. The zero-order valence-electron chi connectivity index (χ0n) is 25.6. The summed E-state index contributed by atoms with van der Waals surface area (Å²) in [5.74, 6) is -0.609. The number of unbranched alkanes of at least 4 members (excludes halogenated alkanes) is 17. The first-order valence-electron chi connectivity index (χ1n) is 16.4. The molecule has 0 aliphatic rings. The molecule has 0 aliphatic heterocycles. The van der Waals surface area contributed by atoms with Crippen molar-refractivity contribution in [3.05, 3.63) is 24.3 Å². The van der Waals surface area contributed by atoms with Crippen LogP contribution in [0.15, 0.2) is 24.3 Å². The maximum absolute atomic E-state index is 12.1. The molecule has 5 nitrogen and oxygen atoms in total. The van der Waals surface area contributed by atoms with Crippen LogP contribution in [-0.4, -0.2) is 36.4 Å². The Kier molecular flexibility index (Phi) is 29.6. The minimum Gasteiger partial charge on any atom is -0.462 e. The molecule has 1 atom stereocenters. The van der Waals surface area contributed by atoms with Crippen molar-refractivity contribution < 1.29 is 24.2 Å². The van der Waals surface area contributed by atoms with Crippen molar-refractivity contribution in [3.63, 3.8) is 0 Å². The molecule has 0 radical (unpaired) electrons. The highest BCUT2D eigenvalue weighted by molar-refractivity contribution is 5.70. The van der Waals surface area contributed by atoms with Crippen molar-refractivity contribution in [1.29, 1.82) is 0 Å². The summed E-state index contributed by atoms with van der Waals surface area (Å²) in [5.41, 5.74) is 0. The second kappa shape index (κ2) is 30.9. The first-order chi connectivity index (χ1) is 19.1. The fourth-order valence-electron chi connectivity index (χ4n) is 4.46. The molecule has 1 unspecified atom stereocenters. The molecule has 0 fully saturated rings. The van der Waals surface area contributed by atoms with E-state index in [1.807, 2.05) is 0 Å². The lowest BCUT2D eigenvalue weighted by atomic mass is 10.1. The number of ether oxygens (including phenoxy) is 2. The summed E-state index contributed by atoms with van der Waals surface area (Å²) in [7, 11) is 0. The van der Waals surface area contributed by atoms with Crippen LogP contribution in [0.2, 0.25) is 0 Å². The fourth-order valence-corrected chi connectivity index (χ4v) is 4.46. The van der Waals surface area contributed by atoms with Gasteiger partial charge in [0.15, 0.2) is 6.10 Å². The van der Waals surface area contributed by atoms with Crippen LogP contribution in [0.3, 0.4) is 0 Å². The van der Waals surface area contributed by atoms with E-state index in [0.29, 0.717) is 12.8 Å². The SMILES string of the molecule is CCCCCC/C=C\C/C=C\CCCCCCCC(=O)OC(CO)COC(=O)CCCCCCCCCCC. The Morgan fingerprint density at radius 1 is 0.590 bits per heavy atom. The summed E-state index contributed by atoms with van der Waals surface area (Å²) in [6, 6.07) is 0. The van der Waals surface area contributed by atoms with Crippen molar-refractivity contribution >= 4 is 11.9 Å². The molecule has 0 saturated heterocycles. The van der Waals surface area contributed by atoms with E-state index in [2.05, 4.69) is 38.2 Å². The van der Waals surface area contributed by atoms with Gasteiger partial charge >= 0.3 is 11.9 Å². The molecule has 0 bridgehead atoms. The number of carbonyl (C=O) groups excluding carboxylic acids is 2. The van der Waals surface area contributed by atoms with Gasteiger partial charge in [0.1, 0.15) is 6.61 Å². The van der Waals surface area contributed by atoms with Crippen LogP contribution in [0.4, 0.5) is 0 Å². The lowest BCUT2D eigenvalue weighted by molar-refractivity contribution is -0.161. The van der Waals surface area contributed by atoms with E-state index in [1.165, 1.54) is 83.5 Å². The molecule has 0 aliphatic carbocycles. The van der Waals surface area contributed by atoms with Gasteiger partial charge in [0.25, 0.3) is 0 Å². The van der Waals surface area contributed by atoms with Gasteiger partial charge in [-0.2, -0.15) is 0 Å². The lowest BCUT2D eigenvalue weighted by Gasteiger charge is -2.15. The summed E-state index contributed by atoms with van der Waals surface area (Å²) in [5, 5.41) is 9.47. The van der Waals surface area contributed by atoms with E-state index in [4.69, 9.17) is 9.47 Å². The smallest absolute Gasteiger partial charge is 0.306 e. The molecule has 0 spiro atoms. The molecule has 5 heteroatoms. The van der Waals surface area contributed by atoms with Gasteiger partial charge in [0.2, 0.25) is 0 Å². The monoisotopic (exact) mass is 550 g/mol. The molecule has 1 N–H and O–H groups in total. The van der Waals surface area contributed by atoms with Gasteiger partial charge in [-0.3, -0.25) is 9.59 Å². The van der Waals surface area contributed by atoms with Crippen molar-refractivity contribution in [3.8, 4) is 0 Å². The van der Waals surface area contributed by atoms with Gasteiger partial charge < -0.3 is 14.6 Å². The van der Waals surface area contributed by atoms with E-state index < -0.39 is 6.10 Å². The number of rotatable bonds is 29. The molecule has 228 valence electrons. The number of aliphatic hydroxyl groups excluding tert-OH is 1. The molecule has 39 heavy (non-hydrogen) atoms. The summed E-state index contributed by atoms with van der Waals surface area (Å²) < 4.78 is 10.5. The highest BCUT2D eigenvalue weighted by Crippen LogP contribution is 2.12. The minimum atomic E-state index is -0.771. The topological polar surface area (TPSA) is 72.8 Å². The number of esters is 2. The van der Waals surface area contributed by atoms with E-state index in [1.54, 1.807) is 0 Å². The number of hydrogen-bond donors (Lipinski definition) is 1. The van der Waals surface area contributed by atoms with E-state index in [-0.39, 0.29) is 25.2 Å². The highest BCUT2D eigenvalue weighted by atomic mass is 16.6. The average Bonchev–Trinajstić information content (AvgIpc) is 2.94. The van der Waals surface area contributed by atoms with Crippen LogP contribution in [0.1, 0.15) is 162 Å². The Morgan fingerprint density at radius 2 is 1.03 bits per heavy atom. The Balaban J connectivity index is 3.61. The molecular formula is C34H62O5. The third-order valence-electron chi connectivity index (χ3n) is 7.00. The molecule has 0 aromatic rings. The Labute approximate surface area is 241 Å². The zero-order valence-corrected chi connectivity index (χ0v) is 25.6. The molecule has 0 aromatic carbocycles. The average molecular weight is 551 g/mol. The maximum Gasteiger partial charge on any atom is 0.306 e. The van der Waals surface area contributed by atoms with Crippen molar-refractivity contribution in [2.45, 2.75) is 168 Å². The summed E-state index contributed by atoms with van der Waals surface area (Å²) >= 11 is 0. The van der Waals surface area contributed by atoms with Gasteiger partial charge in [-0.1, -0.05) is 128 Å². The molecule has 0 aromatic heterocycles. The van der Waals surface area contributed by atoms with Crippen LogP contribution in [0, 0.1) is 0 Å². The molecule has 0 saturated carbocycles. The second-order valence-electron chi connectivity index (χ2n) is 10.9. The van der Waals surface area contributed by atoms with E-state index in [9.17, 15) is 14.7 Å². The van der Waals surface area contributed by atoms with Crippen LogP contribution >= 0.6 is 0 Å². The van der Waals surface area contributed by atoms with Crippen LogP contribution in [0.5, 0.6) is 0 Å². The van der Waals surface area contributed by atoms with Crippen molar-refractivity contribution in [2.75, 3.05) is 13.2 Å². The number of aliphatic hydroxyl groups is 1. The zero-order chi connectivity index (χ0) is 28.7. The normalized spacial score (nSPS) is 12.4. The highest BCUT2D eigenvalue weighted by Gasteiger charge is 2.16. The Hall–Kier alpha value is -1.62. The largest absolute Gasteiger partial charge is 0.462 e. The Morgan fingerprint density at radius 3 is 1.54 bits per heavy atom. The van der Waals surface area contributed by atoms with Gasteiger partial charge in [-0.15, -0.1) is 0 Å². The standard InChI is InChI=1S/C34H62O5/c1-3-5-7-9-11-13-14-15-16-17-18-19-21-23-25-27-29-34(37)39-32(30-35)31-38-33(36)28-26-24-22-20-12-10-8-6-4-2/h13-14,16-17,32,35H,3-12,15,18-31H2,1-2H3/b14-13-,17-16-. The van der Waals surface area contributed by atoms with E-state index in [0.717, 1.165) is 51.4 Å². The first-order valence-corrected chi connectivity index (χ1v) is 16.4. The summed E-state index contributed by atoms with van der Waals surface area (Å²) in [6.45, 7) is 4.07. The predicted octanol–water partition coefficient (Wildman–Crippen LogP) is 9.56. The number of carbonyl (C=O) groups is 2. The quantitative estimate of drug-likeness (QED) is 0.0570. The van der Waals surface area contributed by atoms with Crippen LogP contribution in [-0.2, 0) is 19.1 Å². The summed E-state index contributed by atoms with van der Waals surface area (Å²) in [4.78, 5) is 24.0. The number of hydrogen-bond acceptors (Lipinski definition) is 5. The summed E-state index contributed by atoms with van der Waals surface area (Å²) in [6.07, 6.45) is 33.7. The lowest BCUT2D eigenvalue weighted by Crippen LogP contribution is -2.28. The number of allylic oxidation sites excluding steroid dienone is 4. The van der Waals surface area contributed by atoms with Gasteiger partial charge in [0.05, 0.1) is 6.61 Å². The minimum absolute atomic E-state index is 0.0687. The third-order valence-corrected chi connectivity index (χ3v) is 7.00. The van der Waals surface area contributed by atoms with E-state index >= 15 is 0 Å². The molecule has 0 heterocycles. The van der Waals surface area contributed by atoms with Crippen LogP contribution in [0.25, 0.3) is 0 Å². The molecule has 0 rings (SSSR count). The predicted molar refractivity (Wildman–Crippen MR) is 164 cm³/mol.